The number of hydrogen-bond acceptors (Lipinski definition) is 3. The van der Waals surface area contributed by atoms with Gasteiger partial charge in [-0.05, 0) is 57.7 Å². The number of nitrogen functional groups attached to an aromatic ring is 1. The molecule has 0 unspecified atom stereocenters. The van der Waals surface area contributed by atoms with E-state index in [1.807, 2.05) is 0 Å². The normalized spacial score (nSPS) is 21.7. The van der Waals surface area contributed by atoms with Gasteiger partial charge in [-0.25, -0.2) is 4.39 Å². The summed E-state index contributed by atoms with van der Waals surface area (Å²) in [5.41, 5.74) is 3.53. The Balaban J connectivity index is 1.89. The van der Waals surface area contributed by atoms with Crippen molar-refractivity contribution < 1.29 is 22.4 Å². The molecule has 4 nitrogen and oxygen atoms in total. The zero-order chi connectivity index (χ0) is 18.8. The summed E-state index contributed by atoms with van der Waals surface area (Å²) >= 11 is 0. The lowest BCUT2D eigenvalue weighted by Crippen LogP contribution is -2.46. The van der Waals surface area contributed by atoms with Crippen molar-refractivity contribution >= 4 is 17.3 Å². The van der Waals surface area contributed by atoms with E-state index in [0.29, 0.717) is 31.4 Å². The molecule has 1 amide bonds. The molecule has 0 aliphatic heterocycles. The lowest BCUT2D eigenvalue weighted by Gasteiger charge is -2.31. The van der Waals surface area contributed by atoms with Crippen LogP contribution in [0.4, 0.5) is 28.9 Å². The highest BCUT2D eigenvalue weighted by Gasteiger charge is 2.32. The van der Waals surface area contributed by atoms with Crippen molar-refractivity contribution in [2.75, 3.05) is 11.1 Å². The maximum absolute atomic E-state index is 13.5. The third-order valence-electron chi connectivity index (χ3n) is 4.34. The molecular formula is C17H23F4N3O. The first-order chi connectivity index (χ1) is 11.5. The lowest BCUT2D eigenvalue weighted by molar-refractivity contribution is -0.137. The van der Waals surface area contributed by atoms with E-state index in [2.05, 4.69) is 10.6 Å². The minimum Gasteiger partial charge on any atom is -0.397 e. The summed E-state index contributed by atoms with van der Waals surface area (Å²) in [5, 5.41) is 5.84. The summed E-state index contributed by atoms with van der Waals surface area (Å²) in [6.45, 7) is 2.42. The van der Waals surface area contributed by atoms with Crippen LogP contribution in [-0.4, -0.2) is 23.7 Å². The SMILES string of the molecule is CC(C)(F)C(=O)NC1CCC(Nc2ccc(C(F)(F)F)cc2N)CC1. The maximum atomic E-state index is 13.5. The van der Waals surface area contributed by atoms with Gasteiger partial charge in [0.15, 0.2) is 5.67 Å². The van der Waals surface area contributed by atoms with Crippen molar-refractivity contribution in [1.29, 1.82) is 0 Å². The number of amides is 1. The van der Waals surface area contributed by atoms with Gasteiger partial charge >= 0.3 is 6.18 Å². The molecule has 1 aromatic rings. The summed E-state index contributed by atoms with van der Waals surface area (Å²) in [5.74, 6) is -0.629. The van der Waals surface area contributed by atoms with E-state index in [-0.39, 0.29) is 17.8 Å². The topological polar surface area (TPSA) is 67.2 Å². The van der Waals surface area contributed by atoms with E-state index in [9.17, 15) is 22.4 Å². The molecule has 0 atom stereocenters. The monoisotopic (exact) mass is 361 g/mol. The quantitative estimate of drug-likeness (QED) is 0.563. The first-order valence-electron chi connectivity index (χ1n) is 8.20. The molecular weight excluding hydrogens is 338 g/mol. The second kappa shape index (κ2) is 7.09. The molecule has 0 bridgehead atoms. The molecule has 0 spiro atoms. The molecule has 2 rings (SSSR count). The highest BCUT2D eigenvalue weighted by Crippen LogP contribution is 2.33. The molecule has 1 saturated carbocycles. The molecule has 0 saturated heterocycles. The maximum Gasteiger partial charge on any atom is 0.416 e. The summed E-state index contributed by atoms with van der Waals surface area (Å²) in [6, 6.07) is 3.19. The van der Waals surface area contributed by atoms with Crippen LogP contribution >= 0.6 is 0 Å². The average molecular weight is 361 g/mol. The Bertz CT molecular complexity index is 617. The van der Waals surface area contributed by atoms with Gasteiger partial charge in [0, 0.05) is 12.1 Å². The van der Waals surface area contributed by atoms with Crippen LogP contribution in [0.3, 0.4) is 0 Å². The Hall–Kier alpha value is -1.99. The van der Waals surface area contributed by atoms with Crippen molar-refractivity contribution in [2.45, 2.75) is 63.5 Å². The van der Waals surface area contributed by atoms with Gasteiger partial charge in [-0.15, -0.1) is 0 Å². The van der Waals surface area contributed by atoms with Crippen LogP contribution in [0.15, 0.2) is 18.2 Å². The Kier molecular flexibility index (Phi) is 5.49. The molecule has 8 heteroatoms. The molecule has 25 heavy (non-hydrogen) atoms. The van der Waals surface area contributed by atoms with E-state index < -0.39 is 23.3 Å². The fraction of sp³-hybridized carbons (Fsp3) is 0.588. The second-order valence-corrected chi connectivity index (χ2v) is 6.94. The zero-order valence-corrected chi connectivity index (χ0v) is 14.2. The number of rotatable bonds is 4. The van der Waals surface area contributed by atoms with Crippen LogP contribution in [0.5, 0.6) is 0 Å². The summed E-state index contributed by atoms with van der Waals surface area (Å²) < 4.78 is 51.5. The molecule has 1 aliphatic rings. The molecule has 4 N–H and O–H groups in total. The largest absolute Gasteiger partial charge is 0.416 e. The number of hydrogen-bond donors (Lipinski definition) is 3. The van der Waals surface area contributed by atoms with Crippen LogP contribution in [0.1, 0.15) is 45.1 Å². The van der Waals surface area contributed by atoms with Gasteiger partial charge in [-0.3, -0.25) is 4.79 Å². The van der Waals surface area contributed by atoms with Crippen molar-refractivity contribution in [2.24, 2.45) is 0 Å². The van der Waals surface area contributed by atoms with Gasteiger partial charge in [0.2, 0.25) is 0 Å². The third kappa shape index (κ3) is 5.24. The summed E-state index contributed by atoms with van der Waals surface area (Å²) in [6.07, 6.45) is -1.68. The predicted octanol–water partition coefficient (Wildman–Crippen LogP) is 3.88. The Labute approximate surface area is 144 Å². The van der Waals surface area contributed by atoms with E-state index in [0.717, 1.165) is 12.1 Å². The van der Waals surface area contributed by atoms with Gasteiger partial charge in [0.25, 0.3) is 5.91 Å². The van der Waals surface area contributed by atoms with E-state index in [4.69, 9.17) is 5.73 Å². The van der Waals surface area contributed by atoms with Crippen molar-refractivity contribution in [3.8, 4) is 0 Å². The van der Waals surface area contributed by atoms with Crippen LogP contribution in [0, 0.1) is 0 Å². The fourth-order valence-corrected chi connectivity index (χ4v) is 2.83. The van der Waals surface area contributed by atoms with Crippen molar-refractivity contribution in [3.63, 3.8) is 0 Å². The van der Waals surface area contributed by atoms with Gasteiger partial charge in [0.05, 0.1) is 16.9 Å². The van der Waals surface area contributed by atoms with Gasteiger partial charge < -0.3 is 16.4 Å². The minimum atomic E-state index is -4.42. The van der Waals surface area contributed by atoms with E-state index in [1.165, 1.54) is 19.9 Å². The highest BCUT2D eigenvalue weighted by atomic mass is 19.4. The van der Waals surface area contributed by atoms with Gasteiger partial charge in [0.1, 0.15) is 0 Å². The second-order valence-electron chi connectivity index (χ2n) is 6.94. The Morgan fingerprint density at radius 2 is 1.64 bits per heavy atom. The Morgan fingerprint density at radius 3 is 2.12 bits per heavy atom. The van der Waals surface area contributed by atoms with Gasteiger partial charge in [-0.2, -0.15) is 13.2 Å². The molecule has 0 aromatic heterocycles. The molecule has 1 aromatic carbocycles. The first kappa shape index (κ1) is 19.3. The summed E-state index contributed by atoms with van der Waals surface area (Å²) in [7, 11) is 0. The number of benzene rings is 1. The van der Waals surface area contributed by atoms with E-state index in [1.54, 1.807) is 0 Å². The number of anilines is 2. The molecule has 0 heterocycles. The number of halogens is 4. The van der Waals surface area contributed by atoms with Crippen LogP contribution in [-0.2, 0) is 11.0 Å². The average Bonchev–Trinajstić information content (AvgIpc) is 2.49. The predicted molar refractivity (Wildman–Crippen MR) is 88.9 cm³/mol. The van der Waals surface area contributed by atoms with Crippen LogP contribution in [0.25, 0.3) is 0 Å². The standard InChI is InChI=1S/C17H23F4N3O/c1-16(2,18)15(25)24-12-6-4-11(5-7-12)23-14-8-3-10(9-13(14)22)17(19,20)21/h3,8-9,11-12,23H,4-7,22H2,1-2H3,(H,24,25). The minimum absolute atomic E-state index is 0.0458. The fourth-order valence-electron chi connectivity index (χ4n) is 2.83. The number of nitrogens with two attached hydrogens (primary N) is 1. The van der Waals surface area contributed by atoms with Crippen LogP contribution < -0.4 is 16.4 Å². The zero-order valence-electron chi connectivity index (χ0n) is 14.2. The molecule has 0 radical (unpaired) electrons. The smallest absolute Gasteiger partial charge is 0.397 e. The number of alkyl halides is 4. The summed E-state index contributed by atoms with van der Waals surface area (Å²) in [4.78, 5) is 11.7. The first-order valence-corrected chi connectivity index (χ1v) is 8.20. The Morgan fingerprint density at radius 1 is 1.08 bits per heavy atom. The van der Waals surface area contributed by atoms with Crippen molar-refractivity contribution in [1.82, 2.24) is 5.32 Å². The van der Waals surface area contributed by atoms with Crippen LogP contribution in [0.2, 0.25) is 0 Å². The molecule has 140 valence electrons. The molecule has 1 aliphatic carbocycles. The van der Waals surface area contributed by atoms with Gasteiger partial charge in [-0.1, -0.05) is 0 Å². The third-order valence-corrected chi connectivity index (χ3v) is 4.34. The highest BCUT2D eigenvalue weighted by molar-refractivity contribution is 5.84. The number of nitrogens with one attached hydrogen (secondary N) is 2. The lowest BCUT2D eigenvalue weighted by atomic mass is 9.90. The number of carbonyl (C=O) groups is 1. The van der Waals surface area contributed by atoms with Crippen molar-refractivity contribution in [3.05, 3.63) is 23.8 Å². The van der Waals surface area contributed by atoms with E-state index >= 15 is 0 Å². The molecule has 1 fully saturated rings. The number of carbonyl (C=O) groups excluding carboxylic acids is 1.